The summed E-state index contributed by atoms with van der Waals surface area (Å²) in [5, 5.41) is 4.46. The zero-order valence-electron chi connectivity index (χ0n) is 18.4. The van der Waals surface area contributed by atoms with Crippen molar-refractivity contribution in [2.45, 2.75) is 63.5 Å². The Morgan fingerprint density at radius 3 is 2.67 bits per heavy atom. The van der Waals surface area contributed by atoms with Gasteiger partial charge in [-0.05, 0) is 69.2 Å². The monoisotopic (exact) mass is 472 g/mol. The highest BCUT2D eigenvalue weighted by molar-refractivity contribution is 7.89. The molecular weight excluding hydrogens is 448 g/mol. The lowest BCUT2D eigenvalue weighted by Crippen LogP contribution is -2.41. The first-order chi connectivity index (χ1) is 15.8. The first-order valence-corrected chi connectivity index (χ1v) is 12.4. The average Bonchev–Trinajstić information content (AvgIpc) is 3.50. The Bertz CT molecular complexity index is 1400. The largest absolute Gasteiger partial charge is 0.460 e. The minimum atomic E-state index is -3.97. The smallest absolute Gasteiger partial charge is 0.336 e. The molecule has 0 N–H and O–H groups in total. The minimum absolute atomic E-state index is 0.0114. The van der Waals surface area contributed by atoms with Crippen molar-refractivity contribution >= 4 is 27.0 Å². The zero-order valence-corrected chi connectivity index (χ0v) is 19.2. The normalized spacial score (nSPS) is 18.7. The third kappa shape index (κ3) is 3.76. The van der Waals surface area contributed by atoms with Crippen LogP contribution in [0, 0.1) is 13.8 Å². The lowest BCUT2D eigenvalue weighted by molar-refractivity contribution is -0.148. The summed E-state index contributed by atoms with van der Waals surface area (Å²) in [7, 11) is -3.97. The molecule has 1 aliphatic heterocycles. The number of esters is 1. The molecule has 9 nitrogen and oxygen atoms in total. The van der Waals surface area contributed by atoms with Gasteiger partial charge in [0.2, 0.25) is 10.0 Å². The first-order valence-electron chi connectivity index (χ1n) is 11.0. The summed E-state index contributed by atoms with van der Waals surface area (Å²) in [6, 6.07) is 4.26. The maximum absolute atomic E-state index is 13.2. The van der Waals surface area contributed by atoms with Crippen LogP contribution in [0.2, 0.25) is 0 Å². The van der Waals surface area contributed by atoms with Crippen molar-refractivity contribution in [3.05, 3.63) is 56.8 Å². The van der Waals surface area contributed by atoms with Gasteiger partial charge in [0.1, 0.15) is 28.8 Å². The third-order valence-electron chi connectivity index (χ3n) is 6.42. The fraction of sp³-hybridized carbons (Fsp3) is 0.435. The van der Waals surface area contributed by atoms with Gasteiger partial charge in [0.15, 0.2) is 5.76 Å². The fourth-order valence-corrected chi connectivity index (χ4v) is 6.82. The average molecular weight is 473 g/mol. The summed E-state index contributed by atoms with van der Waals surface area (Å²) in [5.41, 5.74) is 3.12. The van der Waals surface area contributed by atoms with Gasteiger partial charge in [-0.2, -0.15) is 4.31 Å². The topological polar surface area (TPSA) is 120 Å². The van der Waals surface area contributed by atoms with E-state index in [1.165, 1.54) is 24.1 Å². The Hall–Kier alpha value is -2.98. The number of rotatable bonds is 5. The van der Waals surface area contributed by atoms with Crippen molar-refractivity contribution in [3.63, 3.8) is 0 Å². The van der Waals surface area contributed by atoms with Gasteiger partial charge in [-0.25, -0.2) is 13.2 Å². The molecule has 3 heterocycles. The van der Waals surface area contributed by atoms with Crippen molar-refractivity contribution < 1.29 is 26.9 Å². The predicted octanol–water partition coefficient (Wildman–Crippen LogP) is 2.78. The van der Waals surface area contributed by atoms with Crippen LogP contribution >= 0.6 is 0 Å². The summed E-state index contributed by atoms with van der Waals surface area (Å²) in [5.74, 6) is -0.466. The molecule has 0 saturated carbocycles. The second-order valence-electron chi connectivity index (χ2n) is 8.60. The molecule has 1 aromatic carbocycles. The van der Waals surface area contributed by atoms with E-state index in [9.17, 15) is 18.0 Å². The van der Waals surface area contributed by atoms with E-state index in [4.69, 9.17) is 13.7 Å². The quantitative estimate of drug-likeness (QED) is 0.411. The number of carbonyl (C=O) groups is 1. The van der Waals surface area contributed by atoms with Crippen LogP contribution in [-0.2, 0) is 39.0 Å². The van der Waals surface area contributed by atoms with Gasteiger partial charge in [-0.1, -0.05) is 5.16 Å². The summed E-state index contributed by atoms with van der Waals surface area (Å²) in [6.07, 6.45) is 3.85. The van der Waals surface area contributed by atoms with Crippen molar-refractivity contribution in [2.75, 3.05) is 6.54 Å². The Labute approximate surface area is 190 Å². The van der Waals surface area contributed by atoms with E-state index in [1.54, 1.807) is 6.92 Å². The number of benzene rings is 1. The van der Waals surface area contributed by atoms with Gasteiger partial charge in [0.25, 0.3) is 0 Å². The lowest BCUT2D eigenvalue weighted by Gasteiger charge is -2.22. The van der Waals surface area contributed by atoms with Gasteiger partial charge >= 0.3 is 11.6 Å². The molecule has 2 aliphatic rings. The predicted molar refractivity (Wildman–Crippen MR) is 117 cm³/mol. The zero-order chi connectivity index (χ0) is 23.3. The van der Waals surface area contributed by atoms with Crippen molar-refractivity contribution in [2.24, 2.45) is 0 Å². The lowest BCUT2D eigenvalue weighted by atomic mass is 10.0. The molecule has 0 spiro atoms. The van der Waals surface area contributed by atoms with Crippen molar-refractivity contribution in [3.8, 4) is 0 Å². The third-order valence-corrected chi connectivity index (χ3v) is 8.58. The number of nitrogens with zero attached hydrogens (tertiary/aromatic N) is 2. The molecule has 0 unspecified atom stereocenters. The number of ether oxygens (including phenoxy) is 1. The molecule has 0 bridgehead atoms. The van der Waals surface area contributed by atoms with Gasteiger partial charge < -0.3 is 13.7 Å². The minimum Gasteiger partial charge on any atom is -0.460 e. The molecule has 10 heteroatoms. The Balaban J connectivity index is 1.39. The second-order valence-corrected chi connectivity index (χ2v) is 10.4. The SMILES string of the molecule is Cc1noc(C)c1S(=O)(=O)N1CCC[C@H]1C(=O)OCc1cc(=O)oc2cc3c(cc12)CCC3. The molecule has 1 atom stereocenters. The van der Waals surface area contributed by atoms with Crippen LogP contribution in [0.15, 0.2) is 36.8 Å². The molecular formula is C23H24N2O7S. The number of hydrogen-bond donors (Lipinski definition) is 0. The van der Waals surface area contributed by atoms with Crippen LogP contribution in [0.3, 0.4) is 0 Å². The van der Waals surface area contributed by atoms with Crippen LogP contribution in [0.25, 0.3) is 11.0 Å². The van der Waals surface area contributed by atoms with Crippen LogP contribution < -0.4 is 5.63 Å². The van der Waals surface area contributed by atoms with Gasteiger partial charge in [-0.3, -0.25) is 4.79 Å². The summed E-state index contributed by atoms with van der Waals surface area (Å²) in [4.78, 5) is 25.0. The number of carbonyl (C=O) groups excluding carboxylic acids is 1. The molecule has 0 radical (unpaired) electrons. The number of aromatic nitrogens is 1. The van der Waals surface area contributed by atoms with E-state index in [-0.39, 0.29) is 29.5 Å². The fourth-order valence-electron chi connectivity index (χ4n) is 4.88. The highest BCUT2D eigenvalue weighted by Crippen LogP contribution is 2.31. The Morgan fingerprint density at radius 1 is 1.18 bits per heavy atom. The molecule has 174 valence electrons. The molecule has 1 fully saturated rings. The molecule has 33 heavy (non-hydrogen) atoms. The van der Waals surface area contributed by atoms with Crippen LogP contribution in [0.5, 0.6) is 0 Å². The Morgan fingerprint density at radius 2 is 1.94 bits per heavy atom. The van der Waals surface area contributed by atoms with E-state index in [2.05, 4.69) is 5.16 Å². The number of sulfonamides is 1. The first kappa shape index (κ1) is 21.8. The maximum Gasteiger partial charge on any atom is 0.336 e. The summed E-state index contributed by atoms with van der Waals surface area (Å²) in [6.45, 7) is 3.14. The van der Waals surface area contributed by atoms with Gasteiger partial charge in [0.05, 0.1) is 0 Å². The number of fused-ring (bicyclic) bond motifs is 2. The van der Waals surface area contributed by atoms with E-state index in [0.717, 1.165) is 29.0 Å². The van der Waals surface area contributed by atoms with Gasteiger partial charge in [0, 0.05) is 23.6 Å². The molecule has 5 rings (SSSR count). The van der Waals surface area contributed by atoms with E-state index >= 15 is 0 Å². The van der Waals surface area contributed by atoms with E-state index < -0.39 is 27.7 Å². The van der Waals surface area contributed by atoms with E-state index in [1.807, 2.05) is 12.1 Å². The van der Waals surface area contributed by atoms with E-state index in [0.29, 0.717) is 24.0 Å². The summed E-state index contributed by atoms with van der Waals surface area (Å²) >= 11 is 0. The maximum atomic E-state index is 13.2. The molecule has 0 amide bonds. The van der Waals surface area contributed by atoms with Crippen LogP contribution in [0.1, 0.15) is 47.4 Å². The number of hydrogen-bond acceptors (Lipinski definition) is 8. The molecule has 1 aliphatic carbocycles. The summed E-state index contributed by atoms with van der Waals surface area (Å²) < 4.78 is 43.5. The van der Waals surface area contributed by atoms with Crippen LogP contribution in [0.4, 0.5) is 0 Å². The van der Waals surface area contributed by atoms with Crippen molar-refractivity contribution in [1.82, 2.24) is 9.46 Å². The highest BCUT2D eigenvalue weighted by Gasteiger charge is 2.42. The van der Waals surface area contributed by atoms with Crippen LogP contribution in [-0.4, -0.2) is 36.4 Å². The van der Waals surface area contributed by atoms with Crippen molar-refractivity contribution in [1.29, 1.82) is 0 Å². The van der Waals surface area contributed by atoms with Gasteiger partial charge in [-0.15, -0.1) is 0 Å². The standard InChI is InChI=1S/C23H24N2O7S/c1-13-22(14(2)32-24-13)33(28,29)25-8-4-7-19(25)23(27)30-12-17-11-21(26)31-20-10-16-6-3-5-15(16)9-18(17)20/h9-11,19H,3-8,12H2,1-2H3/t19-/m0/s1. The Kier molecular flexibility index (Phi) is 5.37. The molecule has 3 aromatic rings. The second kappa shape index (κ2) is 8.11. The number of aryl methyl sites for hydroxylation is 4. The highest BCUT2D eigenvalue weighted by atomic mass is 32.2. The molecule has 2 aromatic heterocycles. The molecule has 1 saturated heterocycles.